The summed E-state index contributed by atoms with van der Waals surface area (Å²) in [5.41, 5.74) is 0. The molecule has 0 aromatic heterocycles. The predicted molar refractivity (Wildman–Crippen MR) is 45.0 cm³/mol. The van der Waals surface area contributed by atoms with E-state index in [-0.39, 0.29) is 0 Å². The summed E-state index contributed by atoms with van der Waals surface area (Å²) in [5, 5.41) is 1.95. The summed E-state index contributed by atoms with van der Waals surface area (Å²) in [6, 6.07) is 0. The Balaban J connectivity index is 2.14. The van der Waals surface area contributed by atoms with Crippen LogP contribution in [0.25, 0.3) is 0 Å². The topological polar surface area (TPSA) is 0 Å². The van der Waals surface area contributed by atoms with E-state index in [0.717, 1.165) is 10.5 Å². The molecule has 0 aromatic carbocycles. The molecule has 9 heavy (non-hydrogen) atoms. The van der Waals surface area contributed by atoms with Gasteiger partial charge in [0, 0.05) is 10.5 Å². The van der Waals surface area contributed by atoms with Gasteiger partial charge in [0.25, 0.3) is 0 Å². The molecule has 0 N–H and O–H groups in total. The molecule has 1 heterocycles. The molecule has 1 aliphatic rings. The largest absolute Gasteiger partial charge is 0.155 e. The first-order valence-corrected chi connectivity index (χ1v) is 4.92. The first-order chi connectivity index (χ1) is 4.33. The van der Waals surface area contributed by atoms with Crippen molar-refractivity contribution in [3.63, 3.8) is 0 Å². The molecule has 0 bridgehead atoms. The van der Waals surface area contributed by atoms with Gasteiger partial charge in [-0.25, -0.2) is 0 Å². The van der Waals surface area contributed by atoms with Crippen molar-refractivity contribution < 1.29 is 0 Å². The number of hydrogen-bond donors (Lipinski definition) is 0. The van der Waals surface area contributed by atoms with Crippen LogP contribution in [-0.4, -0.2) is 10.5 Å². The molecule has 0 amide bonds. The van der Waals surface area contributed by atoms with Gasteiger partial charge in [-0.3, -0.25) is 0 Å². The lowest BCUT2D eigenvalue weighted by molar-refractivity contribution is 0.684. The van der Waals surface area contributed by atoms with Crippen molar-refractivity contribution in [2.24, 2.45) is 0 Å². The van der Waals surface area contributed by atoms with Gasteiger partial charge in [0.05, 0.1) is 0 Å². The molecular formula is C8H16S. The van der Waals surface area contributed by atoms with E-state index in [1.807, 2.05) is 0 Å². The third kappa shape index (κ3) is 2.21. The Hall–Kier alpha value is 0.350. The van der Waals surface area contributed by atoms with Gasteiger partial charge in [0.1, 0.15) is 0 Å². The van der Waals surface area contributed by atoms with Gasteiger partial charge in [-0.1, -0.05) is 20.3 Å². The molecule has 0 radical (unpaired) electrons. The smallest absolute Gasteiger partial charge is 0.00500 e. The maximum absolute atomic E-state index is 2.35. The van der Waals surface area contributed by atoms with Crippen molar-refractivity contribution in [3.8, 4) is 0 Å². The fourth-order valence-electron chi connectivity index (χ4n) is 1.42. The zero-order valence-corrected chi connectivity index (χ0v) is 7.21. The maximum atomic E-state index is 2.35. The van der Waals surface area contributed by atoms with Gasteiger partial charge >= 0.3 is 0 Å². The highest BCUT2D eigenvalue weighted by molar-refractivity contribution is 8.00. The molecule has 1 heteroatoms. The molecule has 0 aliphatic carbocycles. The van der Waals surface area contributed by atoms with Gasteiger partial charge in [-0.2, -0.15) is 11.8 Å². The van der Waals surface area contributed by atoms with E-state index in [0.29, 0.717) is 0 Å². The van der Waals surface area contributed by atoms with Crippen LogP contribution in [0.5, 0.6) is 0 Å². The van der Waals surface area contributed by atoms with Gasteiger partial charge < -0.3 is 0 Å². The average molecular weight is 144 g/mol. The predicted octanol–water partition coefficient (Wildman–Crippen LogP) is 3.07. The van der Waals surface area contributed by atoms with Crippen LogP contribution in [0.2, 0.25) is 0 Å². The summed E-state index contributed by atoms with van der Waals surface area (Å²) in [6.07, 6.45) is 5.73. The van der Waals surface area contributed by atoms with E-state index in [4.69, 9.17) is 0 Å². The van der Waals surface area contributed by atoms with E-state index >= 15 is 0 Å². The Labute approximate surface area is 62.4 Å². The van der Waals surface area contributed by atoms with Crippen molar-refractivity contribution in [1.82, 2.24) is 0 Å². The Bertz CT molecular complexity index is 78.6. The van der Waals surface area contributed by atoms with Crippen LogP contribution in [0, 0.1) is 0 Å². The third-order valence-corrected chi connectivity index (χ3v) is 3.49. The quantitative estimate of drug-likeness (QED) is 0.574. The summed E-state index contributed by atoms with van der Waals surface area (Å²) in [5.74, 6) is 0. The normalized spacial score (nSPS) is 35.3. The fourth-order valence-corrected chi connectivity index (χ4v) is 2.99. The number of rotatable bonds is 2. The number of thioether (sulfide) groups is 1. The highest BCUT2D eigenvalue weighted by Gasteiger charge is 2.20. The standard InChI is InChI=1S/C8H16S/c1-3-4-8-6-5-7(2)9-8/h7-8H,3-6H2,1-2H3/t7-,8-/m0/s1. The summed E-state index contributed by atoms with van der Waals surface area (Å²) in [4.78, 5) is 0. The SMILES string of the molecule is CCC[C@H]1CC[C@H](C)S1. The molecule has 54 valence electrons. The summed E-state index contributed by atoms with van der Waals surface area (Å²) < 4.78 is 0. The first-order valence-electron chi connectivity index (χ1n) is 3.98. The lowest BCUT2D eigenvalue weighted by atomic mass is 10.1. The highest BCUT2D eigenvalue weighted by Crippen LogP contribution is 2.35. The zero-order chi connectivity index (χ0) is 6.69. The molecule has 1 aliphatic heterocycles. The number of hydrogen-bond acceptors (Lipinski definition) is 1. The minimum absolute atomic E-state index is 0.946. The molecule has 0 nitrogen and oxygen atoms in total. The molecule has 0 aromatic rings. The lowest BCUT2D eigenvalue weighted by Crippen LogP contribution is -1.94. The Morgan fingerprint density at radius 2 is 2.22 bits per heavy atom. The van der Waals surface area contributed by atoms with Crippen molar-refractivity contribution in [2.75, 3.05) is 0 Å². The van der Waals surface area contributed by atoms with Crippen LogP contribution in [0.4, 0.5) is 0 Å². The second-order valence-electron chi connectivity index (χ2n) is 2.93. The van der Waals surface area contributed by atoms with E-state index in [1.54, 1.807) is 0 Å². The second kappa shape index (κ2) is 3.50. The monoisotopic (exact) mass is 144 g/mol. The molecule has 2 atom stereocenters. The van der Waals surface area contributed by atoms with E-state index in [9.17, 15) is 0 Å². The lowest BCUT2D eigenvalue weighted by Gasteiger charge is -2.05. The van der Waals surface area contributed by atoms with Crippen LogP contribution in [0.3, 0.4) is 0 Å². The molecule has 0 unspecified atom stereocenters. The minimum Gasteiger partial charge on any atom is -0.155 e. The summed E-state index contributed by atoms with van der Waals surface area (Å²) in [7, 11) is 0. The zero-order valence-electron chi connectivity index (χ0n) is 6.39. The molecular weight excluding hydrogens is 128 g/mol. The third-order valence-electron chi connectivity index (χ3n) is 1.93. The first kappa shape index (κ1) is 7.46. The van der Waals surface area contributed by atoms with Crippen LogP contribution in [-0.2, 0) is 0 Å². The van der Waals surface area contributed by atoms with Gasteiger partial charge in [0.2, 0.25) is 0 Å². The van der Waals surface area contributed by atoms with Crippen LogP contribution in [0.1, 0.15) is 39.5 Å². The highest BCUT2D eigenvalue weighted by atomic mass is 32.2. The Kier molecular flexibility index (Phi) is 2.90. The molecule has 1 fully saturated rings. The Morgan fingerprint density at radius 1 is 1.44 bits per heavy atom. The van der Waals surface area contributed by atoms with Crippen molar-refractivity contribution >= 4 is 11.8 Å². The fraction of sp³-hybridized carbons (Fsp3) is 1.00. The van der Waals surface area contributed by atoms with Gasteiger partial charge in [0.15, 0.2) is 0 Å². The van der Waals surface area contributed by atoms with E-state index in [1.165, 1.54) is 25.7 Å². The Morgan fingerprint density at radius 3 is 2.67 bits per heavy atom. The van der Waals surface area contributed by atoms with Crippen molar-refractivity contribution in [2.45, 2.75) is 50.0 Å². The molecule has 0 spiro atoms. The average Bonchev–Trinajstić information content (AvgIpc) is 2.17. The van der Waals surface area contributed by atoms with E-state index in [2.05, 4.69) is 25.6 Å². The molecule has 1 rings (SSSR count). The molecule has 0 saturated carbocycles. The molecule has 1 saturated heterocycles. The van der Waals surface area contributed by atoms with Crippen LogP contribution in [0.15, 0.2) is 0 Å². The van der Waals surface area contributed by atoms with Crippen molar-refractivity contribution in [3.05, 3.63) is 0 Å². The van der Waals surface area contributed by atoms with Crippen LogP contribution >= 0.6 is 11.8 Å². The van der Waals surface area contributed by atoms with Crippen molar-refractivity contribution in [1.29, 1.82) is 0 Å². The van der Waals surface area contributed by atoms with Crippen LogP contribution < -0.4 is 0 Å². The second-order valence-corrected chi connectivity index (χ2v) is 4.68. The van der Waals surface area contributed by atoms with Gasteiger partial charge in [-0.15, -0.1) is 0 Å². The van der Waals surface area contributed by atoms with Gasteiger partial charge in [-0.05, 0) is 19.3 Å². The minimum atomic E-state index is 0.946. The summed E-state index contributed by atoms with van der Waals surface area (Å²) >= 11 is 2.19. The maximum Gasteiger partial charge on any atom is 0.00500 e. The summed E-state index contributed by atoms with van der Waals surface area (Å²) in [6.45, 7) is 4.63. The van der Waals surface area contributed by atoms with E-state index < -0.39 is 0 Å².